The third-order valence-corrected chi connectivity index (χ3v) is 5.00. The van der Waals surface area contributed by atoms with Crippen LogP contribution in [0.2, 0.25) is 0 Å². The van der Waals surface area contributed by atoms with Crippen LogP contribution < -0.4 is 10.6 Å². The quantitative estimate of drug-likeness (QED) is 0.441. The van der Waals surface area contributed by atoms with Crippen molar-refractivity contribution >= 4 is 18.9 Å². The van der Waals surface area contributed by atoms with E-state index in [4.69, 9.17) is 0 Å². The zero-order valence-electron chi connectivity index (χ0n) is 18.7. The summed E-state index contributed by atoms with van der Waals surface area (Å²) in [5.41, 5.74) is 2.18. The van der Waals surface area contributed by atoms with Crippen molar-refractivity contribution in [1.82, 2.24) is 10.6 Å². The molecule has 0 unspecified atom stereocenters. The van der Waals surface area contributed by atoms with Gasteiger partial charge in [0.25, 0.3) is 5.91 Å². The first-order valence-corrected chi connectivity index (χ1v) is 10.8. The van der Waals surface area contributed by atoms with E-state index < -0.39 is 25.0 Å². The van der Waals surface area contributed by atoms with Crippen LogP contribution in [0.5, 0.6) is 0 Å². The second-order valence-electron chi connectivity index (χ2n) is 8.73. The highest BCUT2D eigenvalue weighted by Gasteiger charge is 2.30. The van der Waals surface area contributed by atoms with Gasteiger partial charge >= 0.3 is 7.12 Å². The highest BCUT2D eigenvalue weighted by Crippen LogP contribution is 2.23. The maximum atomic E-state index is 13.1. The predicted octanol–water partition coefficient (Wildman–Crippen LogP) is 3.04. The minimum Gasteiger partial charge on any atom is -0.426 e. The lowest BCUT2D eigenvalue weighted by Gasteiger charge is -2.25. The van der Waals surface area contributed by atoms with Crippen LogP contribution in [0.4, 0.5) is 0 Å². The Kier molecular flexibility index (Phi) is 9.28. The molecule has 166 valence electrons. The molecule has 0 bridgehead atoms. The number of hydrogen-bond acceptors (Lipinski definition) is 4. The lowest BCUT2D eigenvalue weighted by atomic mass is 9.75. The fourth-order valence-electron chi connectivity index (χ4n) is 3.54. The Hall–Kier alpha value is -2.64. The Labute approximate surface area is 185 Å². The van der Waals surface area contributed by atoms with Crippen molar-refractivity contribution in [3.8, 4) is 11.1 Å². The lowest BCUT2D eigenvalue weighted by Crippen LogP contribution is -2.54. The van der Waals surface area contributed by atoms with E-state index in [-0.39, 0.29) is 17.7 Å². The first-order valence-electron chi connectivity index (χ1n) is 10.8. The highest BCUT2D eigenvalue weighted by molar-refractivity contribution is 6.43. The van der Waals surface area contributed by atoms with Gasteiger partial charge in [-0.1, -0.05) is 76.2 Å². The van der Waals surface area contributed by atoms with Crippen molar-refractivity contribution in [2.45, 2.75) is 52.5 Å². The molecule has 0 fully saturated rings. The molecule has 2 rings (SSSR count). The smallest absolute Gasteiger partial charge is 0.426 e. The molecule has 2 aromatic rings. The van der Waals surface area contributed by atoms with Gasteiger partial charge in [-0.15, -0.1) is 0 Å². The van der Waals surface area contributed by atoms with Crippen LogP contribution >= 0.6 is 0 Å². The standard InChI is InChI=1S/C24H33BN2O4/c1-16(2)14-21(24(29)27-22(25(30)31)15-17(3)4)26-23(28)20-13-9-8-12-19(20)18-10-6-5-7-11-18/h5-13,16-17,21-22,30-31H,14-15H2,1-4H3,(H,26,28)(H,27,29)/t21-,22-/m0/s1. The van der Waals surface area contributed by atoms with Gasteiger partial charge in [0.1, 0.15) is 6.04 Å². The molecule has 0 aliphatic carbocycles. The van der Waals surface area contributed by atoms with E-state index in [0.717, 1.165) is 11.1 Å². The Morgan fingerprint density at radius 2 is 1.42 bits per heavy atom. The molecule has 0 radical (unpaired) electrons. The maximum Gasteiger partial charge on any atom is 0.475 e. The van der Waals surface area contributed by atoms with Crippen LogP contribution in [0.3, 0.4) is 0 Å². The van der Waals surface area contributed by atoms with Crippen molar-refractivity contribution in [2.24, 2.45) is 11.8 Å². The van der Waals surface area contributed by atoms with E-state index in [1.54, 1.807) is 12.1 Å². The summed E-state index contributed by atoms with van der Waals surface area (Å²) in [5, 5.41) is 24.9. The summed E-state index contributed by atoms with van der Waals surface area (Å²) in [6.45, 7) is 7.82. The largest absolute Gasteiger partial charge is 0.475 e. The number of carbonyl (C=O) groups excluding carboxylic acids is 2. The van der Waals surface area contributed by atoms with Crippen LogP contribution in [-0.4, -0.2) is 41.0 Å². The molecule has 0 aromatic heterocycles. The van der Waals surface area contributed by atoms with Crippen molar-refractivity contribution in [3.05, 3.63) is 60.2 Å². The molecule has 0 aliphatic heterocycles. The van der Waals surface area contributed by atoms with Crippen LogP contribution in [-0.2, 0) is 4.79 Å². The first-order chi connectivity index (χ1) is 14.7. The van der Waals surface area contributed by atoms with Gasteiger partial charge in [0.15, 0.2) is 0 Å². The number of rotatable bonds is 10. The van der Waals surface area contributed by atoms with Gasteiger partial charge in [-0.3, -0.25) is 9.59 Å². The molecular formula is C24H33BN2O4. The molecule has 0 aliphatic rings. The fraction of sp³-hybridized carbons (Fsp3) is 0.417. The summed E-state index contributed by atoms with van der Waals surface area (Å²) >= 11 is 0. The molecule has 4 N–H and O–H groups in total. The van der Waals surface area contributed by atoms with Gasteiger partial charge in [0, 0.05) is 5.56 Å². The van der Waals surface area contributed by atoms with Gasteiger partial charge < -0.3 is 20.7 Å². The van der Waals surface area contributed by atoms with Crippen molar-refractivity contribution < 1.29 is 19.6 Å². The zero-order valence-corrected chi connectivity index (χ0v) is 18.7. The van der Waals surface area contributed by atoms with E-state index >= 15 is 0 Å². The number of amides is 2. The van der Waals surface area contributed by atoms with E-state index in [1.165, 1.54) is 0 Å². The number of hydrogen-bond donors (Lipinski definition) is 4. The third kappa shape index (κ3) is 7.53. The van der Waals surface area contributed by atoms with E-state index in [0.29, 0.717) is 18.4 Å². The SMILES string of the molecule is CC(C)C[C@H](NC(=O)[C@H](CC(C)C)NC(=O)c1ccccc1-c1ccccc1)B(O)O. The average molecular weight is 424 g/mol. The minimum atomic E-state index is -1.67. The fourth-order valence-corrected chi connectivity index (χ4v) is 3.54. The molecule has 6 nitrogen and oxygen atoms in total. The minimum absolute atomic E-state index is 0.156. The summed E-state index contributed by atoms with van der Waals surface area (Å²) in [4.78, 5) is 26.1. The Balaban J connectivity index is 2.23. The summed E-state index contributed by atoms with van der Waals surface area (Å²) in [6.07, 6.45) is 0.851. The molecule has 0 saturated heterocycles. The Morgan fingerprint density at radius 3 is 2.00 bits per heavy atom. The zero-order chi connectivity index (χ0) is 23.0. The van der Waals surface area contributed by atoms with Crippen molar-refractivity contribution in [2.75, 3.05) is 0 Å². The third-order valence-electron chi connectivity index (χ3n) is 5.00. The van der Waals surface area contributed by atoms with Crippen LogP contribution in [0, 0.1) is 11.8 Å². The lowest BCUT2D eigenvalue weighted by molar-refractivity contribution is -0.123. The maximum absolute atomic E-state index is 13.1. The molecular weight excluding hydrogens is 391 g/mol. The molecule has 0 heterocycles. The van der Waals surface area contributed by atoms with E-state index in [9.17, 15) is 19.6 Å². The average Bonchev–Trinajstić information content (AvgIpc) is 2.72. The number of benzene rings is 2. The molecule has 2 atom stereocenters. The molecule has 0 saturated carbocycles. The second-order valence-corrected chi connectivity index (χ2v) is 8.73. The number of nitrogens with one attached hydrogen (secondary N) is 2. The van der Waals surface area contributed by atoms with Crippen LogP contribution in [0.15, 0.2) is 54.6 Å². The van der Waals surface area contributed by atoms with Crippen LogP contribution in [0.1, 0.15) is 50.9 Å². The first kappa shape index (κ1) is 24.6. The normalized spacial score (nSPS) is 13.0. The van der Waals surface area contributed by atoms with E-state index in [2.05, 4.69) is 10.6 Å². The molecule has 31 heavy (non-hydrogen) atoms. The van der Waals surface area contributed by atoms with Crippen LogP contribution in [0.25, 0.3) is 11.1 Å². The monoisotopic (exact) mass is 424 g/mol. The van der Waals surface area contributed by atoms with Crippen molar-refractivity contribution in [1.29, 1.82) is 0 Å². The topological polar surface area (TPSA) is 98.7 Å². The molecule has 7 heteroatoms. The predicted molar refractivity (Wildman–Crippen MR) is 124 cm³/mol. The van der Waals surface area contributed by atoms with E-state index in [1.807, 2.05) is 70.2 Å². The molecule has 2 amide bonds. The second kappa shape index (κ2) is 11.7. The number of carbonyl (C=O) groups is 2. The van der Waals surface area contributed by atoms with Crippen molar-refractivity contribution in [3.63, 3.8) is 0 Å². The molecule has 2 aromatic carbocycles. The van der Waals surface area contributed by atoms with Gasteiger partial charge in [-0.25, -0.2) is 0 Å². The summed E-state index contributed by atoms with van der Waals surface area (Å²) < 4.78 is 0. The van der Waals surface area contributed by atoms with Gasteiger partial charge in [0.05, 0.1) is 5.94 Å². The summed E-state index contributed by atoms with van der Waals surface area (Å²) in [7, 11) is -1.67. The molecule has 0 spiro atoms. The Bertz CT molecular complexity index is 856. The summed E-state index contributed by atoms with van der Waals surface area (Å²) in [6, 6.07) is 16.1. The Morgan fingerprint density at radius 1 is 0.839 bits per heavy atom. The summed E-state index contributed by atoms with van der Waals surface area (Å²) in [5.74, 6) is -1.23. The van der Waals surface area contributed by atoms with Gasteiger partial charge in [0.2, 0.25) is 5.91 Å². The highest BCUT2D eigenvalue weighted by atomic mass is 16.4. The van der Waals surface area contributed by atoms with Gasteiger partial charge in [-0.2, -0.15) is 0 Å². The van der Waals surface area contributed by atoms with Gasteiger partial charge in [-0.05, 0) is 41.9 Å².